The van der Waals surface area contributed by atoms with Crippen molar-refractivity contribution in [3.63, 3.8) is 0 Å². The van der Waals surface area contributed by atoms with Crippen molar-refractivity contribution in [1.29, 1.82) is 0 Å². The lowest BCUT2D eigenvalue weighted by atomic mass is 9.69. The Morgan fingerprint density at radius 3 is 2.35 bits per heavy atom. The van der Waals surface area contributed by atoms with Crippen LogP contribution >= 0.6 is 27.3 Å². The van der Waals surface area contributed by atoms with E-state index in [9.17, 15) is 24.3 Å². The fraction of sp³-hybridized carbons (Fsp3) is 0.574. The lowest BCUT2D eigenvalue weighted by Gasteiger charge is -2.38. The van der Waals surface area contributed by atoms with Crippen LogP contribution in [0.4, 0.5) is 0 Å². The van der Waals surface area contributed by atoms with E-state index in [0.29, 0.717) is 31.1 Å². The van der Waals surface area contributed by atoms with Gasteiger partial charge in [-0.1, -0.05) is 82.5 Å². The van der Waals surface area contributed by atoms with Crippen LogP contribution in [0.2, 0.25) is 0 Å². The molecule has 2 aromatic heterocycles. The van der Waals surface area contributed by atoms with Gasteiger partial charge in [0.15, 0.2) is 0 Å². The molecule has 7 aliphatic rings. The van der Waals surface area contributed by atoms with Gasteiger partial charge in [0.1, 0.15) is 17.9 Å². The molecule has 3 amide bonds. The van der Waals surface area contributed by atoms with Gasteiger partial charge in [0, 0.05) is 49.0 Å². The number of carbonyl (C=O) groups is 3. The Bertz CT molecular complexity index is 3120. The molecule has 0 unspecified atom stereocenters. The summed E-state index contributed by atoms with van der Waals surface area (Å²) in [4.78, 5) is 74.8. The van der Waals surface area contributed by atoms with Crippen LogP contribution in [0.1, 0.15) is 144 Å². The predicted octanol–water partition coefficient (Wildman–Crippen LogP) is 8.96. The summed E-state index contributed by atoms with van der Waals surface area (Å²) in [5.74, 6) is 0.670. The molecule has 3 saturated heterocycles. The minimum absolute atomic E-state index is 0.0262. The maximum atomic E-state index is 14.9. The number of aliphatic hydroxyl groups excluding tert-OH is 1. The van der Waals surface area contributed by atoms with Crippen molar-refractivity contribution in [1.82, 2.24) is 39.9 Å². The zero-order valence-electron chi connectivity index (χ0n) is 45.3. The van der Waals surface area contributed by atoms with Crippen molar-refractivity contribution >= 4 is 55.9 Å². The number of hydrogen-bond acceptors (Lipinski definition) is 11. The van der Waals surface area contributed by atoms with Crippen molar-refractivity contribution < 1.29 is 24.2 Å². The Morgan fingerprint density at radius 1 is 0.909 bits per heavy atom. The number of benzene rings is 3. The van der Waals surface area contributed by atoms with E-state index in [0.717, 1.165) is 147 Å². The van der Waals surface area contributed by atoms with E-state index in [2.05, 4.69) is 94.4 Å². The Labute approximate surface area is 464 Å². The van der Waals surface area contributed by atoms with Gasteiger partial charge in [0.2, 0.25) is 17.7 Å². The average Bonchev–Trinajstić information content (AvgIpc) is 4.46. The number of amides is 3. The molecule has 6 heterocycles. The third-order valence-electron chi connectivity index (χ3n) is 19.3. The number of likely N-dealkylation sites (tertiary alicyclic amines) is 2. The average molecular weight is 1130 g/mol. The lowest BCUT2D eigenvalue weighted by molar-refractivity contribution is -0.145. The molecule has 4 aliphatic heterocycles. The Hall–Kier alpha value is -4.84. The number of nitrogens with zero attached hydrogens (tertiary/aromatic N) is 6. The summed E-state index contributed by atoms with van der Waals surface area (Å²) in [6.45, 7) is 14.3. The second kappa shape index (κ2) is 20.7. The number of carbonyl (C=O) groups excluding carboxylic acids is 3. The zero-order valence-corrected chi connectivity index (χ0v) is 47.7. The summed E-state index contributed by atoms with van der Waals surface area (Å²) in [6, 6.07) is 19.3. The summed E-state index contributed by atoms with van der Waals surface area (Å²) < 4.78 is 8.71. The van der Waals surface area contributed by atoms with E-state index in [1.54, 1.807) is 11.3 Å². The normalized spacial score (nSPS) is 26.2. The van der Waals surface area contributed by atoms with Gasteiger partial charge in [-0.25, -0.2) is 4.98 Å². The number of halogens is 1. The monoisotopic (exact) mass is 1130 g/mol. The van der Waals surface area contributed by atoms with Crippen molar-refractivity contribution in [2.75, 3.05) is 59.0 Å². The smallest absolute Gasteiger partial charge is 0.281 e. The fourth-order valence-corrected chi connectivity index (χ4v) is 16.4. The van der Waals surface area contributed by atoms with Crippen molar-refractivity contribution in [3.8, 4) is 16.1 Å². The molecule has 6 fully saturated rings. The third kappa shape index (κ3) is 9.72. The van der Waals surface area contributed by atoms with Gasteiger partial charge in [-0.05, 0) is 151 Å². The van der Waals surface area contributed by atoms with E-state index < -0.39 is 29.0 Å². The number of hydrogen-bond donors (Lipinski definition) is 3. The highest BCUT2D eigenvalue weighted by Gasteiger charge is 2.59. The molecule has 14 nitrogen and oxygen atoms in total. The molecule has 4 atom stereocenters. The van der Waals surface area contributed by atoms with E-state index >= 15 is 0 Å². The molecular formula is C61H75BrN8O6S. The second-order valence-corrected chi connectivity index (χ2v) is 26.9. The van der Waals surface area contributed by atoms with E-state index in [1.165, 1.54) is 22.4 Å². The molecule has 3 saturated carbocycles. The lowest BCUT2D eigenvalue weighted by Crippen LogP contribution is -2.59. The van der Waals surface area contributed by atoms with Crippen LogP contribution in [0.25, 0.3) is 27.0 Å². The first kappa shape index (κ1) is 52.8. The highest BCUT2D eigenvalue weighted by molar-refractivity contribution is 9.10. The predicted molar refractivity (Wildman–Crippen MR) is 303 cm³/mol. The molecule has 16 heteroatoms. The molecule has 408 valence electrons. The van der Waals surface area contributed by atoms with Gasteiger partial charge in [0.05, 0.1) is 63.4 Å². The van der Waals surface area contributed by atoms with Gasteiger partial charge in [-0.3, -0.25) is 28.6 Å². The first-order chi connectivity index (χ1) is 37.0. The largest absolute Gasteiger partial charge is 0.391 e. The number of ether oxygens (including phenoxy) is 1. The molecule has 0 radical (unpaired) electrons. The molecule has 3 aliphatic carbocycles. The quantitative estimate of drug-likeness (QED) is 0.110. The number of β-amino-alcohol motifs (C(OH)–C–C–N with tert-alkyl or cyclic N) is 1. The number of aliphatic hydroxyl groups is 1. The number of piperidine rings is 1. The highest BCUT2D eigenvalue weighted by Crippen LogP contribution is 2.62. The fourth-order valence-electron chi connectivity index (χ4n) is 15.1. The number of thiazole rings is 1. The van der Waals surface area contributed by atoms with Crippen LogP contribution in [0.15, 0.2) is 75.4 Å². The first-order valence-corrected chi connectivity index (χ1v) is 30.2. The Balaban J connectivity index is 0.700. The van der Waals surface area contributed by atoms with Crippen LogP contribution in [0.5, 0.6) is 0 Å². The number of nitrogens with one attached hydrogen (secondary N) is 2. The summed E-state index contributed by atoms with van der Waals surface area (Å²) in [7, 11) is 0. The molecule has 3 N–H and O–H groups in total. The van der Waals surface area contributed by atoms with Crippen LogP contribution in [-0.4, -0.2) is 129 Å². The second-order valence-electron chi connectivity index (χ2n) is 25.2. The molecule has 2 bridgehead atoms. The third-order valence-corrected chi connectivity index (χ3v) is 20.9. The Kier molecular flexibility index (Phi) is 14.2. The van der Waals surface area contributed by atoms with E-state index in [4.69, 9.17) is 9.72 Å². The van der Waals surface area contributed by atoms with Crippen molar-refractivity contribution in [3.05, 3.63) is 109 Å². The highest BCUT2D eigenvalue weighted by atomic mass is 79.9. The molecule has 1 spiro atoms. The minimum Gasteiger partial charge on any atom is -0.391 e. The van der Waals surface area contributed by atoms with Gasteiger partial charge < -0.3 is 30.3 Å². The van der Waals surface area contributed by atoms with Crippen LogP contribution in [-0.2, 0) is 24.5 Å². The maximum Gasteiger partial charge on any atom is 0.281 e. The van der Waals surface area contributed by atoms with Crippen molar-refractivity contribution in [2.45, 2.75) is 147 Å². The van der Waals surface area contributed by atoms with Crippen LogP contribution in [0.3, 0.4) is 0 Å². The SMILES string of the molecule is Cc1ncsc1-c1ccc([C@H](CN2CCOCC2)NC(=O)[C@@H]2C[C@@H](O)CN2C(=O)[C@@H](NC(=O)C23CCC(CN4CCC(c5ccc6c(c5)C5(CCCCC5)c5nc(=O)c7c(Br)cccc7n5-6)CC4)(CC2)C3)C(C)(C)C)cc1. The summed E-state index contributed by atoms with van der Waals surface area (Å²) in [5.41, 5.74) is 8.13. The van der Waals surface area contributed by atoms with E-state index in [-0.39, 0.29) is 53.1 Å². The zero-order chi connectivity index (χ0) is 53.4. The standard InChI is InChI=1S/C61H75BrN8O6S/c1-38-51(77-37-63-38)41-13-11-40(12-14-41)46(34-67-27-29-76-30-28-67)64-53(72)49-32-43(71)33-69(49)55(74)52(58(2,3)4)65-57(75)60-23-21-59(35-60,22-24-60)36-68-25-17-39(18-26-68)42-15-16-47-44(31-42)61(19-6-5-7-20-61)56-66-54(73)50-45(62)9-8-10-48(50)70(47)56/h8-16,31,37,39,43,46,49,52,71H,5-7,17-30,32-36H2,1-4H3,(H,64,72)(H,65,75)/t43-,46+,49+,52-,59?,60?/m1/s1. The van der Waals surface area contributed by atoms with E-state index in [1.807, 2.05) is 45.3 Å². The van der Waals surface area contributed by atoms with Gasteiger partial charge in [0.25, 0.3) is 5.56 Å². The molecule has 3 aromatic carbocycles. The van der Waals surface area contributed by atoms with Crippen LogP contribution in [0, 0.1) is 23.2 Å². The number of morpholine rings is 1. The molecule has 12 rings (SSSR count). The topological polar surface area (TPSA) is 162 Å². The molecule has 5 aromatic rings. The number of aryl methyl sites for hydroxylation is 1. The summed E-state index contributed by atoms with van der Waals surface area (Å²) in [5, 5.41) is 18.4. The first-order valence-electron chi connectivity index (χ1n) is 28.5. The molecule has 77 heavy (non-hydrogen) atoms. The molecular weight excluding hydrogens is 1050 g/mol. The maximum absolute atomic E-state index is 14.9. The van der Waals surface area contributed by atoms with Crippen LogP contribution < -0.4 is 16.2 Å². The number of aromatic nitrogens is 3. The number of rotatable bonds is 12. The summed E-state index contributed by atoms with van der Waals surface area (Å²) in [6.07, 6.45) is 11.3. The summed E-state index contributed by atoms with van der Waals surface area (Å²) >= 11 is 5.25. The van der Waals surface area contributed by atoms with Crippen molar-refractivity contribution in [2.24, 2.45) is 16.2 Å². The van der Waals surface area contributed by atoms with Gasteiger partial charge >= 0.3 is 0 Å². The van der Waals surface area contributed by atoms with Gasteiger partial charge in [-0.2, -0.15) is 4.98 Å². The number of fused-ring (bicyclic) bond motifs is 9. The van der Waals surface area contributed by atoms with Gasteiger partial charge in [-0.15, -0.1) is 11.3 Å². The Morgan fingerprint density at radius 2 is 1.65 bits per heavy atom. The minimum atomic E-state index is -0.889.